The maximum atomic E-state index is 13.7. The van der Waals surface area contributed by atoms with Gasteiger partial charge in [0.15, 0.2) is 0 Å². The monoisotopic (exact) mass is 560 g/mol. The molecule has 0 aliphatic carbocycles. The Balaban J connectivity index is 1.50. The number of benzene rings is 3. The number of nitrogens with one attached hydrogen (secondary N) is 2. The number of carbonyl (C=O) groups excluding carboxylic acids is 2. The number of anilines is 1. The molecule has 1 heterocycles. The van der Waals surface area contributed by atoms with Crippen LogP contribution in [0.15, 0.2) is 89.5 Å². The molecule has 0 saturated carbocycles. The molecule has 192 valence electrons. The van der Waals surface area contributed by atoms with Gasteiger partial charge in [0.25, 0.3) is 0 Å². The summed E-state index contributed by atoms with van der Waals surface area (Å²) >= 11 is 3.44. The summed E-state index contributed by atoms with van der Waals surface area (Å²) in [4.78, 5) is 33.6. The van der Waals surface area contributed by atoms with Crippen LogP contribution in [0.5, 0.6) is 0 Å². The van der Waals surface area contributed by atoms with Crippen LogP contribution in [-0.2, 0) is 17.8 Å². The van der Waals surface area contributed by atoms with Crippen LogP contribution in [0.2, 0.25) is 0 Å². The van der Waals surface area contributed by atoms with Gasteiger partial charge in [0.05, 0.1) is 0 Å². The zero-order valence-electron chi connectivity index (χ0n) is 21.3. The first-order valence-electron chi connectivity index (χ1n) is 12.6. The van der Waals surface area contributed by atoms with Gasteiger partial charge in [-0.3, -0.25) is 4.79 Å². The number of fused-ring (bicyclic) bond motifs is 1. The molecule has 0 aliphatic heterocycles. The van der Waals surface area contributed by atoms with E-state index in [0.717, 1.165) is 22.0 Å². The number of amides is 3. The summed E-state index contributed by atoms with van der Waals surface area (Å²) in [7, 11) is 0. The largest absolute Gasteiger partial charge is 0.361 e. The molecule has 0 spiro atoms. The van der Waals surface area contributed by atoms with Crippen LogP contribution < -0.4 is 5.32 Å². The predicted molar refractivity (Wildman–Crippen MR) is 153 cm³/mol. The van der Waals surface area contributed by atoms with Gasteiger partial charge in [0.2, 0.25) is 5.91 Å². The molecule has 0 unspecified atom stereocenters. The molecule has 4 rings (SSSR count). The molecule has 0 aliphatic rings. The number of halogens is 1. The van der Waals surface area contributed by atoms with Crippen LogP contribution in [-0.4, -0.2) is 46.4 Å². The number of para-hydroxylation sites is 1. The molecule has 0 fully saturated rings. The van der Waals surface area contributed by atoms with Gasteiger partial charge in [-0.05, 0) is 47.7 Å². The van der Waals surface area contributed by atoms with Crippen molar-refractivity contribution in [3.8, 4) is 0 Å². The number of aromatic nitrogens is 1. The van der Waals surface area contributed by atoms with Gasteiger partial charge in [-0.1, -0.05) is 84.4 Å². The topological polar surface area (TPSA) is 68.4 Å². The number of urea groups is 1. The van der Waals surface area contributed by atoms with Crippen molar-refractivity contribution in [1.82, 2.24) is 14.8 Å². The van der Waals surface area contributed by atoms with E-state index in [1.54, 1.807) is 4.90 Å². The first-order valence-corrected chi connectivity index (χ1v) is 13.4. The number of hydrogen-bond donors (Lipinski definition) is 2. The molecular formula is C30H33BrN4O2. The molecule has 3 aromatic carbocycles. The molecule has 0 saturated heterocycles. The number of nitrogens with zero attached hydrogens (tertiary/aromatic N) is 2. The van der Waals surface area contributed by atoms with Gasteiger partial charge in [-0.15, -0.1) is 0 Å². The second kappa shape index (κ2) is 12.6. The number of rotatable bonds is 10. The van der Waals surface area contributed by atoms with Gasteiger partial charge in [0, 0.05) is 46.9 Å². The highest BCUT2D eigenvalue weighted by molar-refractivity contribution is 9.10. The maximum absolute atomic E-state index is 13.7. The van der Waals surface area contributed by atoms with Crippen LogP contribution in [0, 0.1) is 5.92 Å². The summed E-state index contributed by atoms with van der Waals surface area (Å²) < 4.78 is 0.878. The minimum Gasteiger partial charge on any atom is -0.361 e. The smallest absolute Gasteiger partial charge is 0.322 e. The average Bonchev–Trinajstić information content (AvgIpc) is 3.29. The van der Waals surface area contributed by atoms with Crippen LogP contribution in [0.4, 0.5) is 10.5 Å². The van der Waals surface area contributed by atoms with Crippen LogP contribution in [0.3, 0.4) is 0 Å². The number of aromatic amines is 1. The number of H-pyrrole nitrogens is 1. The minimum absolute atomic E-state index is 0.0126. The van der Waals surface area contributed by atoms with Crippen molar-refractivity contribution in [2.24, 2.45) is 5.92 Å². The van der Waals surface area contributed by atoms with Crippen molar-refractivity contribution >= 4 is 44.5 Å². The van der Waals surface area contributed by atoms with Gasteiger partial charge < -0.3 is 20.1 Å². The third-order valence-electron chi connectivity index (χ3n) is 6.17. The van der Waals surface area contributed by atoms with Gasteiger partial charge >= 0.3 is 6.03 Å². The van der Waals surface area contributed by atoms with Gasteiger partial charge in [-0.2, -0.15) is 0 Å². The fraction of sp³-hybridized carbons (Fsp3) is 0.267. The molecule has 3 amide bonds. The first-order chi connectivity index (χ1) is 17.9. The van der Waals surface area contributed by atoms with E-state index in [1.165, 1.54) is 10.9 Å². The summed E-state index contributed by atoms with van der Waals surface area (Å²) in [6, 6.07) is 25.3. The Morgan fingerprint density at radius 1 is 0.946 bits per heavy atom. The van der Waals surface area contributed by atoms with E-state index in [0.29, 0.717) is 25.3 Å². The Bertz CT molecular complexity index is 1340. The zero-order chi connectivity index (χ0) is 26.2. The van der Waals surface area contributed by atoms with Crippen LogP contribution in [0.1, 0.15) is 25.0 Å². The summed E-state index contributed by atoms with van der Waals surface area (Å²) in [6.07, 6.45) is 2.74. The van der Waals surface area contributed by atoms with E-state index in [-0.39, 0.29) is 24.4 Å². The summed E-state index contributed by atoms with van der Waals surface area (Å²) in [5, 5.41) is 4.11. The molecule has 37 heavy (non-hydrogen) atoms. The molecule has 0 atom stereocenters. The Morgan fingerprint density at radius 3 is 2.46 bits per heavy atom. The van der Waals surface area contributed by atoms with Crippen molar-refractivity contribution in [2.45, 2.75) is 26.8 Å². The van der Waals surface area contributed by atoms with E-state index in [4.69, 9.17) is 0 Å². The lowest BCUT2D eigenvalue weighted by Crippen LogP contribution is -2.46. The molecule has 2 N–H and O–H groups in total. The lowest BCUT2D eigenvalue weighted by Gasteiger charge is -2.29. The van der Waals surface area contributed by atoms with E-state index in [9.17, 15) is 9.59 Å². The lowest BCUT2D eigenvalue weighted by atomic mass is 10.1. The third kappa shape index (κ3) is 7.46. The lowest BCUT2D eigenvalue weighted by molar-refractivity contribution is -0.132. The number of hydrogen-bond acceptors (Lipinski definition) is 2. The highest BCUT2D eigenvalue weighted by atomic mass is 79.9. The standard InChI is InChI=1S/C30H33BrN4O2/c1-22(2)19-35(30(37)33-26-12-8-11-25(31)17-26)21-29(36)34(20-23-9-4-3-5-10-23)16-15-24-18-32-28-14-7-6-13-27(24)28/h3-14,17-18,22,32H,15-16,19-21H2,1-2H3,(H,33,37). The van der Waals surface area contributed by atoms with Crippen molar-refractivity contribution in [3.05, 3.63) is 101 Å². The predicted octanol–water partition coefficient (Wildman–Crippen LogP) is 6.69. The summed E-state index contributed by atoms with van der Waals surface area (Å²) in [6.45, 7) is 5.63. The van der Waals surface area contributed by atoms with E-state index in [2.05, 4.69) is 38.4 Å². The number of carbonyl (C=O) groups is 2. The van der Waals surface area contributed by atoms with E-state index >= 15 is 0 Å². The Kier molecular flexibility index (Phi) is 9.01. The fourth-order valence-corrected chi connectivity index (χ4v) is 4.78. The molecule has 0 bridgehead atoms. The summed E-state index contributed by atoms with van der Waals surface area (Å²) in [5.74, 6) is 0.142. The molecule has 0 radical (unpaired) electrons. The quantitative estimate of drug-likeness (QED) is 0.227. The van der Waals surface area contributed by atoms with Crippen LogP contribution >= 0.6 is 15.9 Å². The second-order valence-corrected chi connectivity index (χ2v) is 10.5. The first kappa shape index (κ1) is 26.5. The van der Waals surface area contributed by atoms with Crippen molar-refractivity contribution in [2.75, 3.05) is 25.0 Å². The highest BCUT2D eigenvalue weighted by Crippen LogP contribution is 2.20. The van der Waals surface area contributed by atoms with Gasteiger partial charge in [0.1, 0.15) is 6.54 Å². The normalized spacial score (nSPS) is 11.0. The Morgan fingerprint density at radius 2 is 1.70 bits per heavy atom. The van der Waals surface area contributed by atoms with Gasteiger partial charge in [-0.25, -0.2) is 4.79 Å². The molecular weight excluding hydrogens is 528 g/mol. The Labute approximate surface area is 226 Å². The Hall–Kier alpha value is -3.58. The molecule has 7 heteroatoms. The fourth-order valence-electron chi connectivity index (χ4n) is 4.38. The van der Waals surface area contributed by atoms with Crippen molar-refractivity contribution < 1.29 is 9.59 Å². The summed E-state index contributed by atoms with van der Waals surface area (Å²) in [5.41, 5.74) is 4.00. The SMILES string of the molecule is CC(C)CN(CC(=O)N(CCc1c[nH]c2ccccc12)Cc1ccccc1)C(=O)Nc1cccc(Br)c1. The zero-order valence-corrected chi connectivity index (χ0v) is 22.9. The van der Waals surface area contributed by atoms with Crippen LogP contribution in [0.25, 0.3) is 10.9 Å². The third-order valence-corrected chi connectivity index (χ3v) is 6.66. The van der Waals surface area contributed by atoms with E-state index in [1.807, 2.05) is 91.7 Å². The minimum atomic E-state index is -0.281. The van der Waals surface area contributed by atoms with E-state index < -0.39 is 0 Å². The maximum Gasteiger partial charge on any atom is 0.322 e. The van der Waals surface area contributed by atoms with Crippen molar-refractivity contribution in [1.29, 1.82) is 0 Å². The average molecular weight is 562 g/mol. The highest BCUT2D eigenvalue weighted by Gasteiger charge is 2.23. The molecule has 6 nitrogen and oxygen atoms in total. The van der Waals surface area contributed by atoms with Crippen molar-refractivity contribution in [3.63, 3.8) is 0 Å². The molecule has 1 aromatic heterocycles. The molecule has 4 aromatic rings. The second-order valence-electron chi connectivity index (χ2n) is 9.63.